The number of terminal acetylenes is 1. The zero-order valence-corrected chi connectivity index (χ0v) is 17.5. The highest BCUT2D eigenvalue weighted by Crippen LogP contribution is 2.32. The fourth-order valence-electron chi connectivity index (χ4n) is 3.09. The van der Waals surface area contributed by atoms with Gasteiger partial charge in [-0.05, 0) is 55.0 Å². The Balaban J connectivity index is 1.65. The van der Waals surface area contributed by atoms with Gasteiger partial charge in [-0.15, -0.1) is 17.8 Å². The highest BCUT2D eigenvalue weighted by molar-refractivity contribution is 7.89. The van der Waals surface area contributed by atoms with Crippen LogP contribution >= 0.6 is 11.3 Å². The third-order valence-electron chi connectivity index (χ3n) is 4.61. The molecular formula is C20H21N3O4S2. The van der Waals surface area contributed by atoms with Gasteiger partial charge in [0, 0.05) is 10.4 Å². The SMILES string of the molecule is C#CCNS(=O)(=O)c1cccc(C(=O)NNC(=O)c2cc3c(s2)CCC(C)C3)c1. The van der Waals surface area contributed by atoms with Crippen molar-refractivity contribution in [3.05, 3.63) is 51.2 Å². The Morgan fingerprint density at radius 3 is 2.76 bits per heavy atom. The van der Waals surface area contributed by atoms with E-state index < -0.39 is 21.8 Å². The summed E-state index contributed by atoms with van der Waals surface area (Å²) in [6, 6.07) is 7.33. The molecule has 0 spiro atoms. The Morgan fingerprint density at radius 1 is 1.24 bits per heavy atom. The number of fused-ring (bicyclic) bond motifs is 1. The second kappa shape index (κ2) is 8.78. The van der Waals surface area contributed by atoms with Crippen LogP contribution in [0.25, 0.3) is 0 Å². The van der Waals surface area contributed by atoms with Crippen LogP contribution in [-0.2, 0) is 22.9 Å². The lowest BCUT2D eigenvalue weighted by molar-refractivity contribution is 0.0848. The summed E-state index contributed by atoms with van der Waals surface area (Å²) in [5, 5.41) is 0. The molecule has 9 heteroatoms. The van der Waals surface area contributed by atoms with E-state index in [1.807, 2.05) is 6.07 Å². The fraction of sp³-hybridized carbons (Fsp3) is 0.300. The monoisotopic (exact) mass is 431 g/mol. The Labute approximate surface area is 173 Å². The molecule has 1 atom stereocenters. The van der Waals surface area contributed by atoms with Crippen LogP contribution in [0.4, 0.5) is 0 Å². The van der Waals surface area contributed by atoms with Crippen LogP contribution in [0.3, 0.4) is 0 Å². The molecule has 1 heterocycles. The predicted molar refractivity (Wildman–Crippen MR) is 111 cm³/mol. The van der Waals surface area contributed by atoms with Crippen molar-refractivity contribution in [2.75, 3.05) is 6.54 Å². The van der Waals surface area contributed by atoms with E-state index in [0.717, 1.165) is 19.3 Å². The normalized spacial score (nSPS) is 15.8. The van der Waals surface area contributed by atoms with Crippen LogP contribution in [0.2, 0.25) is 0 Å². The molecule has 29 heavy (non-hydrogen) atoms. The molecule has 152 valence electrons. The van der Waals surface area contributed by atoms with Crippen LogP contribution in [0, 0.1) is 18.3 Å². The van der Waals surface area contributed by atoms with E-state index in [0.29, 0.717) is 10.8 Å². The second-order valence-corrected chi connectivity index (χ2v) is 9.78. The second-order valence-electron chi connectivity index (χ2n) is 6.87. The molecule has 1 aromatic heterocycles. The zero-order chi connectivity index (χ0) is 21.0. The molecule has 3 rings (SSSR count). The summed E-state index contributed by atoms with van der Waals surface area (Å²) in [5.74, 6) is 1.77. The summed E-state index contributed by atoms with van der Waals surface area (Å²) in [6.45, 7) is 2.04. The molecule has 7 nitrogen and oxygen atoms in total. The van der Waals surface area contributed by atoms with Gasteiger partial charge in [0.25, 0.3) is 11.8 Å². The van der Waals surface area contributed by atoms with Crippen LogP contribution < -0.4 is 15.6 Å². The Bertz CT molecular complexity index is 1080. The van der Waals surface area contributed by atoms with E-state index in [9.17, 15) is 18.0 Å². The van der Waals surface area contributed by atoms with Gasteiger partial charge >= 0.3 is 0 Å². The van der Waals surface area contributed by atoms with Gasteiger partial charge < -0.3 is 0 Å². The molecule has 2 amide bonds. The first-order valence-corrected chi connectivity index (χ1v) is 11.4. The predicted octanol–water partition coefficient (Wildman–Crippen LogP) is 1.86. The largest absolute Gasteiger partial charge is 0.279 e. The number of thiophene rings is 1. The van der Waals surface area contributed by atoms with Crippen molar-refractivity contribution in [3.8, 4) is 12.3 Å². The summed E-state index contributed by atoms with van der Waals surface area (Å²) in [4.78, 5) is 26.4. The molecule has 0 bridgehead atoms. The third kappa shape index (κ3) is 5.03. The molecule has 2 aromatic rings. The average molecular weight is 432 g/mol. The summed E-state index contributed by atoms with van der Waals surface area (Å²) in [5.41, 5.74) is 6.01. The van der Waals surface area contributed by atoms with Gasteiger partial charge in [0.1, 0.15) is 0 Å². The van der Waals surface area contributed by atoms with Crippen molar-refractivity contribution in [1.29, 1.82) is 0 Å². The Morgan fingerprint density at radius 2 is 2.00 bits per heavy atom. The number of rotatable bonds is 5. The van der Waals surface area contributed by atoms with Gasteiger partial charge in [-0.1, -0.05) is 18.9 Å². The number of aryl methyl sites for hydroxylation is 1. The molecule has 0 saturated carbocycles. The van der Waals surface area contributed by atoms with Crippen LogP contribution in [-0.4, -0.2) is 26.8 Å². The van der Waals surface area contributed by atoms with Gasteiger partial charge in [-0.25, -0.2) is 8.42 Å². The Hall–Kier alpha value is -2.67. The highest BCUT2D eigenvalue weighted by Gasteiger charge is 2.21. The van der Waals surface area contributed by atoms with Crippen molar-refractivity contribution in [1.82, 2.24) is 15.6 Å². The van der Waals surface area contributed by atoms with E-state index >= 15 is 0 Å². The number of amides is 2. The van der Waals surface area contributed by atoms with Gasteiger partial charge in [0.15, 0.2) is 0 Å². The minimum Gasteiger partial charge on any atom is -0.267 e. The molecule has 1 aliphatic carbocycles. The van der Waals surface area contributed by atoms with Gasteiger partial charge in [0.2, 0.25) is 10.0 Å². The standard InChI is InChI=1S/C20H21N3O4S2/c1-3-9-21-29(26,27)16-6-4-5-14(11-16)19(24)22-23-20(25)18-12-15-10-13(2)7-8-17(15)28-18/h1,4-6,11-13,21H,7-10H2,2H3,(H,22,24)(H,23,25). The topological polar surface area (TPSA) is 104 Å². The maximum Gasteiger partial charge on any atom is 0.279 e. The quantitative estimate of drug-likeness (QED) is 0.496. The van der Waals surface area contributed by atoms with E-state index in [4.69, 9.17) is 6.42 Å². The molecule has 0 saturated heterocycles. The van der Waals surface area contributed by atoms with Crippen molar-refractivity contribution in [3.63, 3.8) is 0 Å². The molecule has 0 radical (unpaired) electrons. The maximum absolute atomic E-state index is 12.4. The fourth-order valence-corrected chi connectivity index (χ4v) is 5.17. The lowest BCUT2D eigenvalue weighted by atomic mass is 9.90. The number of nitrogens with one attached hydrogen (secondary N) is 3. The van der Waals surface area contributed by atoms with Crippen molar-refractivity contribution in [2.24, 2.45) is 5.92 Å². The number of hydrogen-bond acceptors (Lipinski definition) is 5. The minimum absolute atomic E-state index is 0.0909. The first-order chi connectivity index (χ1) is 13.8. The van der Waals surface area contributed by atoms with Crippen LogP contribution in [0.15, 0.2) is 35.2 Å². The number of carbonyl (C=O) groups excluding carboxylic acids is 2. The highest BCUT2D eigenvalue weighted by atomic mass is 32.2. The number of hydrazine groups is 1. The first kappa shape index (κ1) is 21.0. The third-order valence-corrected chi connectivity index (χ3v) is 7.25. The molecule has 0 aliphatic heterocycles. The smallest absolute Gasteiger partial charge is 0.267 e. The summed E-state index contributed by atoms with van der Waals surface area (Å²) in [6.07, 6.45) is 8.10. The summed E-state index contributed by atoms with van der Waals surface area (Å²) in [7, 11) is -3.82. The number of hydrogen-bond donors (Lipinski definition) is 3. The minimum atomic E-state index is -3.82. The number of sulfonamides is 1. The Kier molecular flexibility index (Phi) is 6.37. The van der Waals surface area contributed by atoms with Crippen molar-refractivity contribution >= 4 is 33.2 Å². The molecule has 1 unspecified atom stereocenters. The van der Waals surface area contributed by atoms with Crippen molar-refractivity contribution < 1.29 is 18.0 Å². The summed E-state index contributed by atoms with van der Waals surface area (Å²) >= 11 is 1.44. The molecule has 3 N–H and O–H groups in total. The van der Waals surface area contributed by atoms with Crippen molar-refractivity contribution in [2.45, 2.75) is 31.1 Å². The van der Waals surface area contributed by atoms with E-state index in [-0.39, 0.29) is 17.0 Å². The molecule has 0 fully saturated rings. The van der Waals surface area contributed by atoms with E-state index in [2.05, 4.69) is 28.4 Å². The zero-order valence-electron chi connectivity index (χ0n) is 15.8. The first-order valence-electron chi connectivity index (χ1n) is 9.05. The van der Waals surface area contributed by atoms with Crippen LogP contribution in [0.5, 0.6) is 0 Å². The number of carbonyl (C=O) groups is 2. The lowest BCUT2D eigenvalue weighted by Crippen LogP contribution is -2.41. The molecular weight excluding hydrogens is 410 g/mol. The average Bonchev–Trinajstić information content (AvgIpc) is 3.13. The molecule has 1 aliphatic rings. The number of benzene rings is 1. The lowest BCUT2D eigenvalue weighted by Gasteiger charge is -2.16. The summed E-state index contributed by atoms with van der Waals surface area (Å²) < 4.78 is 26.5. The van der Waals surface area contributed by atoms with Gasteiger partial charge in [-0.2, -0.15) is 4.72 Å². The van der Waals surface area contributed by atoms with Gasteiger partial charge in [0.05, 0.1) is 16.3 Å². The van der Waals surface area contributed by atoms with E-state index in [1.54, 1.807) is 0 Å². The van der Waals surface area contributed by atoms with Crippen LogP contribution in [0.1, 0.15) is 43.8 Å². The molecule has 1 aromatic carbocycles. The van der Waals surface area contributed by atoms with Gasteiger partial charge in [-0.3, -0.25) is 20.4 Å². The van der Waals surface area contributed by atoms with E-state index in [1.165, 1.54) is 46.0 Å². The maximum atomic E-state index is 12.4.